The van der Waals surface area contributed by atoms with Gasteiger partial charge in [-0.15, -0.1) is 5.10 Å². The van der Waals surface area contributed by atoms with Gasteiger partial charge in [0.05, 0.1) is 6.20 Å². The molecule has 0 saturated carbocycles. The van der Waals surface area contributed by atoms with Crippen LogP contribution in [0.2, 0.25) is 0 Å². The van der Waals surface area contributed by atoms with Gasteiger partial charge in [-0.25, -0.2) is 0 Å². The fourth-order valence-electron chi connectivity index (χ4n) is 2.25. The van der Waals surface area contributed by atoms with Gasteiger partial charge in [-0.1, -0.05) is 40.2 Å². The summed E-state index contributed by atoms with van der Waals surface area (Å²) in [5.41, 5.74) is 4.25. The van der Waals surface area contributed by atoms with Crippen LogP contribution in [-0.4, -0.2) is 15.2 Å². The van der Waals surface area contributed by atoms with Gasteiger partial charge in [0, 0.05) is 15.8 Å². The highest BCUT2D eigenvalue weighted by Crippen LogP contribution is 2.24. The van der Waals surface area contributed by atoms with Crippen LogP contribution in [0.3, 0.4) is 0 Å². The zero-order valence-corrected chi connectivity index (χ0v) is 14.4. The summed E-state index contributed by atoms with van der Waals surface area (Å²) in [4.78, 5) is 4.46. The van der Waals surface area contributed by atoms with Crippen molar-refractivity contribution in [3.63, 3.8) is 0 Å². The van der Waals surface area contributed by atoms with Crippen LogP contribution in [0, 0.1) is 13.8 Å². The second kappa shape index (κ2) is 6.75. The van der Waals surface area contributed by atoms with Crippen LogP contribution in [0.1, 0.15) is 11.1 Å². The first-order valence-corrected chi connectivity index (χ1v) is 7.97. The van der Waals surface area contributed by atoms with Crippen molar-refractivity contribution >= 4 is 39.1 Å². The van der Waals surface area contributed by atoms with Crippen molar-refractivity contribution in [1.29, 1.82) is 0 Å². The highest BCUT2D eigenvalue weighted by atomic mass is 79.9. The SMILES string of the molecule is Cc1cccc(C)c1Nc1cnnc(Nc2cccc(Br)c2)n1. The predicted octanol–water partition coefficient (Wildman–Crippen LogP) is 4.74. The maximum Gasteiger partial charge on any atom is 0.249 e. The van der Waals surface area contributed by atoms with Crippen molar-refractivity contribution in [3.8, 4) is 0 Å². The summed E-state index contributed by atoms with van der Waals surface area (Å²) in [6, 6.07) is 14.0. The number of hydrogen-bond donors (Lipinski definition) is 2. The van der Waals surface area contributed by atoms with Gasteiger partial charge in [-0.3, -0.25) is 0 Å². The molecule has 0 bridgehead atoms. The van der Waals surface area contributed by atoms with Crippen molar-refractivity contribution in [2.24, 2.45) is 0 Å². The van der Waals surface area contributed by atoms with Gasteiger partial charge in [0.15, 0.2) is 5.82 Å². The zero-order valence-electron chi connectivity index (χ0n) is 12.8. The number of nitrogens with zero attached hydrogens (tertiary/aromatic N) is 3. The Labute approximate surface area is 143 Å². The number of hydrogen-bond acceptors (Lipinski definition) is 5. The Morgan fingerprint density at radius 2 is 1.70 bits per heavy atom. The fourth-order valence-corrected chi connectivity index (χ4v) is 2.65. The van der Waals surface area contributed by atoms with E-state index >= 15 is 0 Å². The van der Waals surface area contributed by atoms with Gasteiger partial charge in [0.25, 0.3) is 0 Å². The third kappa shape index (κ3) is 3.84. The van der Waals surface area contributed by atoms with Crippen LogP contribution < -0.4 is 10.6 Å². The molecule has 116 valence electrons. The molecule has 0 aliphatic carbocycles. The third-order valence-corrected chi connectivity index (χ3v) is 3.87. The molecule has 0 aliphatic rings. The largest absolute Gasteiger partial charge is 0.338 e. The summed E-state index contributed by atoms with van der Waals surface area (Å²) in [6.07, 6.45) is 1.61. The average molecular weight is 370 g/mol. The third-order valence-electron chi connectivity index (χ3n) is 3.37. The normalized spacial score (nSPS) is 10.4. The van der Waals surface area contributed by atoms with E-state index in [1.807, 2.05) is 30.3 Å². The standard InChI is InChI=1S/C17H16BrN5/c1-11-5-3-6-12(2)16(11)21-15-10-19-23-17(22-15)20-14-8-4-7-13(18)9-14/h3-10H,1-2H3,(H2,20,21,22,23). The zero-order chi connectivity index (χ0) is 16.2. The molecule has 1 heterocycles. The van der Waals surface area contributed by atoms with Crippen molar-refractivity contribution in [3.05, 3.63) is 64.3 Å². The van der Waals surface area contributed by atoms with E-state index in [1.165, 1.54) is 0 Å². The first-order chi connectivity index (χ1) is 11.1. The summed E-state index contributed by atoms with van der Waals surface area (Å²) in [6.45, 7) is 4.12. The lowest BCUT2D eigenvalue weighted by molar-refractivity contribution is 0.982. The maximum absolute atomic E-state index is 4.46. The van der Waals surface area contributed by atoms with E-state index in [0.717, 1.165) is 27.0 Å². The molecule has 0 amide bonds. The first-order valence-electron chi connectivity index (χ1n) is 7.17. The molecule has 3 rings (SSSR count). The van der Waals surface area contributed by atoms with Crippen LogP contribution in [0.5, 0.6) is 0 Å². The van der Waals surface area contributed by atoms with E-state index in [0.29, 0.717) is 11.8 Å². The molecule has 0 saturated heterocycles. The Morgan fingerprint density at radius 1 is 0.957 bits per heavy atom. The number of rotatable bonds is 4. The molecule has 23 heavy (non-hydrogen) atoms. The Hall–Kier alpha value is -2.47. The lowest BCUT2D eigenvalue weighted by Crippen LogP contribution is -2.03. The number of halogens is 1. The number of anilines is 4. The van der Waals surface area contributed by atoms with Gasteiger partial charge in [0.2, 0.25) is 5.95 Å². The number of nitrogens with one attached hydrogen (secondary N) is 2. The van der Waals surface area contributed by atoms with Gasteiger partial charge in [-0.05, 0) is 43.2 Å². The average Bonchev–Trinajstić information content (AvgIpc) is 2.52. The van der Waals surface area contributed by atoms with E-state index in [4.69, 9.17) is 0 Å². The monoisotopic (exact) mass is 369 g/mol. The summed E-state index contributed by atoms with van der Waals surface area (Å²) < 4.78 is 0.986. The maximum atomic E-state index is 4.46. The smallest absolute Gasteiger partial charge is 0.249 e. The Morgan fingerprint density at radius 3 is 2.43 bits per heavy atom. The number of para-hydroxylation sites is 1. The Bertz CT molecular complexity index is 814. The quantitative estimate of drug-likeness (QED) is 0.695. The Kier molecular flexibility index (Phi) is 4.52. The summed E-state index contributed by atoms with van der Waals surface area (Å²) >= 11 is 3.44. The van der Waals surface area contributed by atoms with E-state index in [2.05, 4.69) is 67.7 Å². The topological polar surface area (TPSA) is 62.7 Å². The van der Waals surface area contributed by atoms with Gasteiger partial charge in [-0.2, -0.15) is 10.1 Å². The molecule has 1 aromatic heterocycles. The van der Waals surface area contributed by atoms with Gasteiger partial charge < -0.3 is 10.6 Å². The molecule has 0 unspecified atom stereocenters. The minimum Gasteiger partial charge on any atom is -0.338 e. The molecule has 2 N–H and O–H groups in total. The first kappa shape index (κ1) is 15.4. The lowest BCUT2D eigenvalue weighted by atomic mass is 10.1. The molecule has 3 aromatic rings. The Balaban J connectivity index is 1.83. The molecule has 5 nitrogen and oxygen atoms in total. The highest BCUT2D eigenvalue weighted by Gasteiger charge is 2.06. The summed E-state index contributed by atoms with van der Waals surface area (Å²) in [7, 11) is 0. The van der Waals surface area contributed by atoms with Crippen molar-refractivity contribution in [1.82, 2.24) is 15.2 Å². The molecule has 6 heteroatoms. The number of aromatic nitrogens is 3. The van der Waals surface area contributed by atoms with Gasteiger partial charge in [0.1, 0.15) is 0 Å². The molecule has 2 aromatic carbocycles. The van der Waals surface area contributed by atoms with E-state index < -0.39 is 0 Å². The summed E-state index contributed by atoms with van der Waals surface area (Å²) in [5.74, 6) is 1.09. The van der Waals surface area contributed by atoms with E-state index in [1.54, 1.807) is 6.20 Å². The van der Waals surface area contributed by atoms with Crippen LogP contribution >= 0.6 is 15.9 Å². The van der Waals surface area contributed by atoms with Gasteiger partial charge >= 0.3 is 0 Å². The number of benzene rings is 2. The predicted molar refractivity (Wildman–Crippen MR) is 96.5 cm³/mol. The summed E-state index contributed by atoms with van der Waals surface area (Å²) in [5, 5.41) is 14.5. The van der Waals surface area contributed by atoms with Crippen LogP contribution in [0.4, 0.5) is 23.1 Å². The van der Waals surface area contributed by atoms with Crippen LogP contribution in [0.15, 0.2) is 53.1 Å². The molecule has 0 atom stereocenters. The lowest BCUT2D eigenvalue weighted by Gasteiger charge is -2.12. The minimum absolute atomic E-state index is 0.444. The fraction of sp³-hybridized carbons (Fsp3) is 0.118. The van der Waals surface area contributed by atoms with E-state index in [9.17, 15) is 0 Å². The molecular formula is C17H16BrN5. The number of aryl methyl sites for hydroxylation is 2. The molecule has 0 aliphatic heterocycles. The second-order valence-electron chi connectivity index (χ2n) is 5.19. The van der Waals surface area contributed by atoms with Crippen LogP contribution in [-0.2, 0) is 0 Å². The van der Waals surface area contributed by atoms with Crippen molar-refractivity contribution < 1.29 is 0 Å². The van der Waals surface area contributed by atoms with Crippen LogP contribution in [0.25, 0.3) is 0 Å². The molecule has 0 fully saturated rings. The van der Waals surface area contributed by atoms with E-state index in [-0.39, 0.29) is 0 Å². The van der Waals surface area contributed by atoms with Crippen molar-refractivity contribution in [2.75, 3.05) is 10.6 Å². The molecule has 0 spiro atoms. The van der Waals surface area contributed by atoms with Crippen molar-refractivity contribution in [2.45, 2.75) is 13.8 Å². The highest BCUT2D eigenvalue weighted by molar-refractivity contribution is 9.10. The molecular weight excluding hydrogens is 354 g/mol. The molecule has 0 radical (unpaired) electrons. The minimum atomic E-state index is 0.444. The second-order valence-corrected chi connectivity index (χ2v) is 6.11.